The summed E-state index contributed by atoms with van der Waals surface area (Å²) in [5.41, 5.74) is 6.64. The van der Waals surface area contributed by atoms with Crippen LogP contribution in [-0.4, -0.2) is 49.3 Å². The molecule has 0 heterocycles. The van der Waals surface area contributed by atoms with Gasteiger partial charge in [-0.25, -0.2) is 0 Å². The van der Waals surface area contributed by atoms with Gasteiger partial charge in [-0.3, -0.25) is 4.90 Å². The summed E-state index contributed by atoms with van der Waals surface area (Å²) in [6.07, 6.45) is 0.636. The standard InChI is InChI=1S/C16H26N2O2S/c1-3-18(9-11-19-4-2)10-12-20-15-7-5-14(6-8-15)13-16(17)21/h5-8H,3-4,9-13H2,1-2H3,(H2,17,21). The first-order valence-electron chi connectivity index (χ1n) is 7.45. The number of ether oxygens (including phenoxy) is 2. The Labute approximate surface area is 133 Å². The van der Waals surface area contributed by atoms with Crippen molar-refractivity contribution in [2.45, 2.75) is 20.3 Å². The molecule has 118 valence electrons. The van der Waals surface area contributed by atoms with Gasteiger partial charge in [0.05, 0.1) is 11.6 Å². The molecule has 1 rings (SSSR count). The van der Waals surface area contributed by atoms with E-state index in [1.807, 2.05) is 31.2 Å². The number of benzene rings is 1. The van der Waals surface area contributed by atoms with Gasteiger partial charge in [-0.1, -0.05) is 31.3 Å². The summed E-state index contributed by atoms with van der Waals surface area (Å²) in [6, 6.07) is 7.93. The van der Waals surface area contributed by atoms with Crippen molar-refractivity contribution in [2.24, 2.45) is 5.73 Å². The molecule has 0 aromatic heterocycles. The van der Waals surface area contributed by atoms with Gasteiger partial charge in [0, 0.05) is 26.1 Å². The van der Waals surface area contributed by atoms with E-state index in [2.05, 4.69) is 11.8 Å². The van der Waals surface area contributed by atoms with Crippen LogP contribution in [0.3, 0.4) is 0 Å². The lowest BCUT2D eigenvalue weighted by Crippen LogP contribution is -2.31. The molecule has 0 unspecified atom stereocenters. The van der Waals surface area contributed by atoms with Gasteiger partial charge in [-0.05, 0) is 31.2 Å². The summed E-state index contributed by atoms with van der Waals surface area (Å²) in [4.78, 5) is 2.83. The summed E-state index contributed by atoms with van der Waals surface area (Å²) < 4.78 is 11.1. The minimum atomic E-state index is 0.511. The molecule has 4 nitrogen and oxygen atoms in total. The molecular formula is C16H26N2O2S. The predicted molar refractivity (Wildman–Crippen MR) is 91.0 cm³/mol. The summed E-state index contributed by atoms with van der Waals surface area (Å²) >= 11 is 4.90. The molecule has 0 aliphatic rings. The van der Waals surface area contributed by atoms with Crippen LogP contribution in [0.5, 0.6) is 5.75 Å². The van der Waals surface area contributed by atoms with Gasteiger partial charge in [0.15, 0.2) is 0 Å². The molecule has 0 fully saturated rings. The summed E-state index contributed by atoms with van der Waals surface area (Å²) in [5, 5.41) is 0. The minimum Gasteiger partial charge on any atom is -0.492 e. The predicted octanol–water partition coefficient (Wildman–Crippen LogP) is 2.25. The lowest BCUT2D eigenvalue weighted by atomic mass is 10.1. The number of nitrogens with zero attached hydrogens (tertiary/aromatic N) is 1. The zero-order valence-corrected chi connectivity index (χ0v) is 13.8. The van der Waals surface area contributed by atoms with E-state index in [0.717, 1.165) is 44.2 Å². The number of hydrogen-bond acceptors (Lipinski definition) is 4. The Morgan fingerprint density at radius 3 is 2.38 bits per heavy atom. The highest BCUT2D eigenvalue weighted by Crippen LogP contribution is 2.12. The molecule has 2 N–H and O–H groups in total. The number of likely N-dealkylation sites (N-methyl/N-ethyl adjacent to an activating group) is 1. The second-order valence-corrected chi connectivity index (χ2v) is 5.29. The molecule has 0 aliphatic heterocycles. The Morgan fingerprint density at radius 2 is 1.81 bits per heavy atom. The van der Waals surface area contributed by atoms with Crippen LogP contribution in [0.1, 0.15) is 19.4 Å². The van der Waals surface area contributed by atoms with Gasteiger partial charge in [0.1, 0.15) is 12.4 Å². The van der Waals surface area contributed by atoms with Crippen LogP contribution in [-0.2, 0) is 11.2 Å². The van der Waals surface area contributed by atoms with Crippen LogP contribution < -0.4 is 10.5 Å². The zero-order valence-electron chi connectivity index (χ0n) is 13.0. The van der Waals surface area contributed by atoms with Crippen molar-refractivity contribution in [3.05, 3.63) is 29.8 Å². The number of rotatable bonds is 11. The van der Waals surface area contributed by atoms with Gasteiger partial charge >= 0.3 is 0 Å². The largest absolute Gasteiger partial charge is 0.492 e. The fourth-order valence-electron chi connectivity index (χ4n) is 1.96. The molecule has 0 bridgehead atoms. The molecule has 0 radical (unpaired) electrons. The highest BCUT2D eigenvalue weighted by atomic mass is 32.1. The SMILES string of the molecule is CCOCCN(CC)CCOc1ccc(CC(N)=S)cc1. The van der Waals surface area contributed by atoms with Gasteiger partial charge in [0.2, 0.25) is 0 Å². The van der Waals surface area contributed by atoms with E-state index >= 15 is 0 Å². The fraction of sp³-hybridized carbons (Fsp3) is 0.562. The van der Waals surface area contributed by atoms with Crippen LogP contribution in [0.2, 0.25) is 0 Å². The van der Waals surface area contributed by atoms with Crippen LogP contribution >= 0.6 is 12.2 Å². The lowest BCUT2D eigenvalue weighted by Gasteiger charge is -2.20. The second-order valence-electron chi connectivity index (χ2n) is 4.77. The molecule has 0 aliphatic carbocycles. The van der Waals surface area contributed by atoms with Crippen molar-refractivity contribution in [1.29, 1.82) is 0 Å². The maximum Gasteiger partial charge on any atom is 0.119 e. The van der Waals surface area contributed by atoms with Gasteiger partial charge in [-0.2, -0.15) is 0 Å². The highest BCUT2D eigenvalue weighted by molar-refractivity contribution is 7.80. The van der Waals surface area contributed by atoms with Crippen molar-refractivity contribution in [1.82, 2.24) is 4.90 Å². The third-order valence-corrected chi connectivity index (χ3v) is 3.33. The molecular weight excluding hydrogens is 284 g/mol. The van der Waals surface area contributed by atoms with Gasteiger partial charge in [-0.15, -0.1) is 0 Å². The quantitative estimate of drug-likeness (QED) is 0.502. The summed E-state index contributed by atoms with van der Waals surface area (Å²) in [6.45, 7) is 9.23. The van der Waals surface area contributed by atoms with E-state index in [0.29, 0.717) is 18.0 Å². The summed E-state index contributed by atoms with van der Waals surface area (Å²) in [5.74, 6) is 0.877. The van der Waals surface area contributed by atoms with Crippen LogP contribution in [0, 0.1) is 0 Å². The topological polar surface area (TPSA) is 47.7 Å². The minimum absolute atomic E-state index is 0.511. The first-order chi connectivity index (χ1) is 10.2. The van der Waals surface area contributed by atoms with E-state index < -0.39 is 0 Å². The van der Waals surface area contributed by atoms with Crippen LogP contribution in [0.4, 0.5) is 0 Å². The Balaban J connectivity index is 2.29. The Kier molecular flexibility index (Phi) is 8.98. The van der Waals surface area contributed by atoms with E-state index in [1.165, 1.54) is 0 Å². The number of nitrogens with two attached hydrogens (primary N) is 1. The molecule has 0 atom stereocenters. The average Bonchev–Trinajstić information content (AvgIpc) is 2.47. The van der Waals surface area contributed by atoms with Gasteiger partial charge < -0.3 is 15.2 Å². The lowest BCUT2D eigenvalue weighted by molar-refractivity contribution is 0.108. The van der Waals surface area contributed by atoms with Gasteiger partial charge in [0.25, 0.3) is 0 Å². The Bertz CT molecular complexity index is 409. The maximum atomic E-state index is 5.76. The molecule has 5 heteroatoms. The maximum absolute atomic E-state index is 5.76. The smallest absolute Gasteiger partial charge is 0.119 e. The summed E-state index contributed by atoms with van der Waals surface area (Å²) in [7, 11) is 0. The van der Waals surface area contributed by atoms with Crippen molar-refractivity contribution in [3.63, 3.8) is 0 Å². The highest BCUT2D eigenvalue weighted by Gasteiger charge is 2.03. The molecule has 0 saturated heterocycles. The van der Waals surface area contributed by atoms with Crippen molar-refractivity contribution in [3.8, 4) is 5.75 Å². The molecule has 0 amide bonds. The normalized spacial score (nSPS) is 10.8. The fourth-order valence-corrected chi connectivity index (χ4v) is 2.13. The second kappa shape index (κ2) is 10.5. The van der Waals surface area contributed by atoms with E-state index in [4.69, 9.17) is 27.4 Å². The molecule has 1 aromatic carbocycles. The first-order valence-corrected chi connectivity index (χ1v) is 7.86. The molecule has 21 heavy (non-hydrogen) atoms. The Morgan fingerprint density at radius 1 is 1.14 bits per heavy atom. The van der Waals surface area contributed by atoms with E-state index in [9.17, 15) is 0 Å². The van der Waals surface area contributed by atoms with Crippen molar-refractivity contribution < 1.29 is 9.47 Å². The number of thiocarbonyl (C=S) groups is 1. The van der Waals surface area contributed by atoms with Crippen LogP contribution in [0.15, 0.2) is 24.3 Å². The third-order valence-electron chi connectivity index (χ3n) is 3.18. The molecule has 0 spiro atoms. The monoisotopic (exact) mass is 310 g/mol. The van der Waals surface area contributed by atoms with E-state index in [1.54, 1.807) is 0 Å². The van der Waals surface area contributed by atoms with E-state index in [-0.39, 0.29) is 0 Å². The average molecular weight is 310 g/mol. The Hall–Kier alpha value is -1.17. The van der Waals surface area contributed by atoms with Crippen molar-refractivity contribution in [2.75, 3.05) is 39.5 Å². The van der Waals surface area contributed by atoms with Crippen molar-refractivity contribution >= 4 is 17.2 Å². The molecule has 1 aromatic rings. The third kappa shape index (κ3) is 7.99. The van der Waals surface area contributed by atoms with Crippen LogP contribution in [0.25, 0.3) is 0 Å². The first kappa shape index (κ1) is 17.9. The number of hydrogen-bond donors (Lipinski definition) is 1. The molecule has 0 saturated carbocycles. The zero-order chi connectivity index (χ0) is 15.5.